The van der Waals surface area contributed by atoms with Gasteiger partial charge in [0.2, 0.25) is 0 Å². The SMILES string of the molecule is c1ccc(-c2ccc(-c3c4ccccc4c(-c4cccc5c4-c4cccc6cccc(c46)S5)c4ccccc34)cc2)cc1. The van der Waals surface area contributed by atoms with Crippen LogP contribution in [0.4, 0.5) is 0 Å². The monoisotopic (exact) mass is 562 g/mol. The lowest BCUT2D eigenvalue weighted by Gasteiger charge is -2.25. The highest BCUT2D eigenvalue weighted by atomic mass is 32.2. The maximum Gasteiger partial charge on any atom is 0.0207 e. The highest BCUT2D eigenvalue weighted by Gasteiger charge is 2.25. The van der Waals surface area contributed by atoms with Gasteiger partial charge in [-0.1, -0.05) is 157 Å². The summed E-state index contributed by atoms with van der Waals surface area (Å²) in [4.78, 5) is 2.65. The molecule has 8 aromatic carbocycles. The van der Waals surface area contributed by atoms with E-state index >= 15 is 0 Å². The van der Waals surface area contributed by atoms with Crippen molar-refractivity contribution in [1.29, 1.82) is 0 Å². The molecule has 0 saturated carbocycles. The Morgan fingerprint density at radius 1 is 0.302 bits per heavy atom. The minimum atomic E-state index is 1.23. The van der Waals surface area contributed by atoms with E-state index in [0.717, 1.165) is 0 Å². The summed E-state index contributed by atoms with van der Waals surface area (Å²) in [5.41, 5.74) is 10.3. The molecule has 1 heteroatoms. The lowest BCUT2D eigenvalue weighted by molar-refractivity contribution is 1.40. The van der Waals surface area contributed by atoms with Crippen molar-refractivity contribution in [2.45, 2.75) is 9.79 Å². The Morgan fingerprint density at radius 3 is 1.51 bits per heavy atom. The van der Waals surface area contributed by atoms with Crippen LogP contribution in [0.15, 0.2) is 168 Å². The molecular weight excluding hydrogens is 537 g/mol. The Morgan fingerprint density at radius 2 is 0.814 bits per heavy atom. The lowest BCUT2D eigenvalue weighted by atomic mass is 9.83. The van der Waals surface area contributed by atoms with E-state index in [1.54, 1.807) is 0 Å². The quantitative estimate of drug-likeness (QED) is 0.193. The molecule has 1 aliphatic heterocycles. The van der Waals surface area contributed by atoms with Gasteiger partial charge >= 0.3 is 0 Å². The summed E-state index contributed by atoms with van der Waals surface area (Å²) in [5.74, 6) is 0. The summed E-state index contributed by atoms with van der Waals surface area (Å²) in [5, 5.41) is 7.79. The zero-order valence-electron chi connectivity index (χ0n) is 23.4. The summed E-state index contributed by atoms with van der Waals surface area (Å²) >= 11 is 1.89. The van der Waals surface area contributed by atoms with Crippen LogP contribution in [0.2, 0.25) is 0 Å². The van der Waals surface area contributed by atoms with Crippen LogP contribution in [0, 0.1) is 0 Å². The molecule has 0 N–H and O–H groups in total. The highest BCUT2D eigenvalue weighted by Crippen LogP contribution is 2.53. The first-order valence-corrected chi connectivity index (χ1v) is 15.6. The summed E-state index contributed by atoms with van der Waals surface area (Å²) in [6.07, 6.45) is 0. The smallest absolute Gasteiger partial charge is 0.0207 e. The summed E-state index contributed by atoms with van der Waals surface area (Å²) in [6, 6.07) is 57.9. The normalized spacial score (nSPS) is 12.1. The number of benzene rings is 8. The van der Waals surface area contributed by atoms with E-state index < -0.39 is 0 Å². The van der Waals surface area contributed by atoms with E-state index in [1.165, 1.54) is 86.6 Å². The molecule has 0 aromatic heterocycles. The predicted molar refractivity (Wildman–Crippen MR) is 185 cm³/mol. The van der Waals surface area contributed by atoms with E-state index in [-0.39, 0.29) is 0 Å². The average Bonchev–Trinajstić information content (AvgIpc) is 3.08. The summed E-state index contributed by atoms with van der Waals surface area (Å²) in [7, 11) is 0. The molecule has 0 saturated heterocycles. The van der Waals surface area contributed by atoms with Crippen molar-refractivity contribution < 1.29 is 0 Å². The lowest BCUT2D eigenvalue weighted by Crippen LogP contribution is -1.97. The molecule has 200 valence electrons. The third-order valence-electron chi connectivity index (χ3n) is 8.86. The van der Waals surface area contributed by atoms with Crippen LogP contribution >= 0.6 is 11.8 Å². The standard InChI is InChI=1S/C42H26S/c1-2-11-27(12-3-1)28-23-25-30(26-24-28)39-31-15-4-6-17-33(31)41(34-18-7-5-16-32(34)39)36-20-10-22-38-42(36)35-19-8-13-29-14-9-21-37(43-38)40(29)35/h1-26H. The Bertz CT molecular complexity index is 2290. The number of hydrogen-bond donors (Lipinski definition) is 0. The molecule has 43 heavy (non-hydrogen) atoms. The molecule has 0 aliphatic carbocycles. The van der Waals surface area contributed by atoms with Crippen molar-refractivity contribution in [3.8, 4) is 44.5 Å². The van der Waals surface area contributed by atoms with Crippen LogP contribution in [-0.4, -0.2) is 0 Å². The molecule has 0 spiro atoms. The molecule has 9 rings (SSSR count). The van der Waals surface area contributed by atoms with Crippen LogP contribution in [0.5, 0.6) is 0 Å². The number of hydrogen-bond acceptors (Lipinski definition) is 1. The van der Waals surface area contributed by atoms with Crippen LogP contribution < -0.4 is 0 Å². The predicted octanol–water partition coefficient (Wildman–Crippen LogP) is 12.3. The Balaban J connectivity index is 1.34. The minimum Gasteiger partial charge on any atom is -0.0888 e. The molecule has 0 fully saturated rings. The van der Waals surface area contributed by atoms with Gasteiger partial charge in [-0.15, -0.1) is 0 Å². The maximum atomic E-state index is 2.33. The summed E-state index contributed by atoms with van der Waals surface area (Å²) in [6.45, 7) is 0. The zero-order chi connectivity index (χ0) is 28.3. The van der Waals surface area contributed by atoms with Crippen molar-refractivity contribution in [3.63, 3.8) is 0 Å². The average molecular weight is 563 g/mol. The molecular formula is C42H26S. The second kappa shape index (κ2) is 9.73. The van der Waals surface area contributed by atoms with Crippen molar-refractivity contribution >= 4 is 44.1 Å². The van der Waals surface area contributed by atoms with Crippen LogP contribution in [0.3, 0.4) is 0 Å². The molecule has 0 radical (unpaired) electrons. The molecule has 0 amide bonds. The fourth-order valence-corrected chi connectivity index (χ4v) is 8.19. The van der Waals surface area contributed by atoms with Gasteiger partial charge in [0.05, 0.1) is 0 Å². The van der Waals surface area contributed by atoms with Gasteiger partial charge in [-0.2, -0.15) is 0 Å². The van der Waals surface area contributed by atoms with Gasteiger partial charge in [0.1, 0.15) is 0 Å². The van der Waals surface area contributed by atoms with Gasteiger partial charge in [0, 0.05) is 20.7 Å². The van der Waals surface area contributed by atoms with Gasteiger partial charge < -0.3 is 0 Å². The van der Waals surface area contributed by atoms with Gasteiger partial charge in [0.15, 0.2) is 0 Å². The van der Waals surface area contributed by atoms with E-state index in [4.69, 9.17) is 0 Å². The number of fused-ring (bicyclic) bond motifs is 4. The van der Waals surface area contributed by atoms with E-state index in [1.807, 2.05) is 11.8 Å². The van der Waals surface area contributed by atoms with Crippen LogP contribution in [0.25, 0.3) is 76.8 Å². The van der Waals surface area contributed by atoms with Crippen LogP contribution in [-0.2, 0) is 0 Å². The second-order valence-corrected chi connectivity index (χ2v) is 12.3. The second-order valence-electron chi connectivity index (χ2n) is 11.2. The van der Waals surface area contributed by atoms with Crippen LogP contribution in [0.1, 0.15) is 0 Å². The molecule has 0 atom stereocenters. The topological polar surface area (TPSA) is 0 Å². The Kier molecular flexibility index (Phi) is 5.54. The third-order valence-corrected chi connectivity index (χ3v) is 9.98. The largest absolute Gasteiger partial charge is 0.0888 e. The van der Waals surface area contributed by atoms with Gasteiger partial charge in [-0.3, -0.25) is 0 Å². The summed E-state index contributed by atoms with van der Waals surface area (Å²) < 4.78 is 0. The Hall–Kier alpha value is -5.11. The minimum absolute atomic E-state index is 1.23. The molecule has 1 aliphatic rings. The van der Waals surface area contributed by atoms with E-state index in [9.17, 15) is 0 Å². The first-order valence-electron chi connectivity index (χ1n) is 14.8. The van der Waals surface area contributed by atoms with E-state index in [0.29, 0.717) is 0 Å². The van der Waals surface area contributed by atoms with Crippen molar-refractivity contribution in [1.82, 2.24) is 0 Å². The fraction of sp³-hybridized carbons (Fsp3) is 0. The zero-order valence-corrected chi connectivity index (χ0v) is 24.2. The molecule has 0 unspecified atom stereocenters. The fourth-order valence-electron chi connectivity index (χ4n) is 7.01. The van der Waals surface area contributed by atoms with Gasteiger partial charge in [0.25, 0.3) is 0 Å². The van der Waals surface area contributed by atoms with Crippen molar-refractivity contribution in [2.24, 2.45) is 0 Å². The number of rotatable bonds is 3. The van der Waals surface area contributed by atoms with E-state index in [2.05, 4.69) is 158 Å². The Labute approximate surface area is 255 Å². The molecule has 0 nitrogen and oxygen atoms in total. The van der Waals surface area contributed by atoms with Crippen molar-refractivity contribution in [3.05, 3.63) is 158 Å². The molecule has 8 aromatic rings. The first kappa shape index (κ1) is 24.5. The van der Waals surface area contributed by atoms with Crippen molar-refractivity contribution in [2.75, 3.05) is 0 Å². The first-order chi connectivity index (χ1) is 21.3. The van der Waals surface area contributed by atoms with Gasteiger partial charge in [-0.25, -0.2) is 0 Å². The highest BCUT2D eigenvalue weighted by molar-refractivity contribution is 7.99. The third kappa shape index (κ3) is 3.79. The molecule has 0 bridgehead atoms. The molecule has 1 heterocycles. The maximum absolute atomic E-state index is 2.33. The van der Waals surface area contributed by atoms with Gasteiger partial charge in [-0.05, 0) is 78.0 Å².